The van der Waals surface area contributed by atoms with Crippen LogP contribution in [0.4, 0.5) is 0 Å². The maximum absolute atomic E-state index is 6.38. The monoisotopic (exact) mass is 378 g/mol. The maximum Gasteiger partial charge on any atom is 0.0839 e. The zero-order valence-electron chi connectivity index (χ0n) is 13.7. The lowest BCUT2D eigenvalue weighted by Gasteiger charge is -2.13. The Balaban J connectivity index is 2.15. The first-order valence-electron chi connectivity index (χ1n) is 7.96. The first kappa shape index (κ1) is 17.7. The van der Waals surface area contributed by atoms with Gasteiger partial charge in [0.25, 0.3) is 0 Å². The van der Waals surface area contributed by atoms with Gasteiger partial charge in [0.1, 0.15) is 0 Å². The molecule has 0 aliphatic heterocycles. The van der Waals surface area contributed by atoms with Gasteiger partial charge in [-0.2, -0.15) is 0 Å². The summed E-state index contributed by atoms with van der Waals surface area (Å²) in [5.41, 5.74) is 8.72. The van der Waals surface area contributed by atoms with E-state index in [2.05, 4.69) is 42.8 Å². The smallest absolute Gasteiger partial charge is 0.0839 e. The minimum Gasteiger partial charge on any atom is -0.338 e. The zero-order valence-corrected chi connectivity index (χ0v) is 16.1. The molecule has 1 atom stereocenters. The number of nitrogens with zero attached hydrogens (tertiary/aromatic N) is 1. The lowest BCUT2D eigenvalue weighted by atomic mass is 10.0. The lowest BCUT2D eigenvalue weighted by molar-refractivity contribution is 0.638. The van der Waals surface area contributed by atoms with Crippen LogP contribution in [0.25, 0.3) is 10.9 Å². The summed E-state index contributed by atoms with van der Waals surface area (Å²) in [5, 5.41) is 3.73. The molecule has 0 aliphatic carbocycles. The normalized spacial score (nSPS) is 12.7. The fraction of sp³-hybridized carbons (Fsp3) is 0.263. The van der Waals surface area contributed by atoms with Crippen molar-refractivity contribution in [3.8, 4) is 0 Å². The largest absolute Gasteiger partial charge is 0.338 e. The molecule has 0 amide bonds. The summed E-state index contributed by atoms with van der Waals surface area (Å²) in [4.78, 5) is 0.887. The average Bonchev–Trinajstić information content (AvgIpc) is 2.84. The van der Waals surface area contributed by atoms with Crippen molar-refractivity contribution in [2.45, 2.75) is 35.7 Å². The third kappa shape index (κ3) is 3.31. The molecule has 2 nitrogen and oxygen atoms in total. The number of fused-ring (bicyclic) bond motifs is 1. The summed E-state index contributed by atoms with van der Waals surface area (Å²) in [5.74, 6) is 0. The third-order valence-electron chi connectivity index (χ3n) is 4.26. The summed E-state index contributed by atoms with van der Waals surface area (Å²) in [6.45, 7) is 2.12. The second-order valence-electron chi connectivity index (χ2n) is 5.89. The van der Waals surface area contributed by atoms with E-state index in [4.69, 9.17) is 28.9 Å². The zero-order chi connectivity index (χ0) is 17.3. The Morgan fingerprint density at radius 1 is 1.08 bits per heavy atom. The van der Waals surface area contributed by atoms with Gasteiger partial charge in [-0.1, -0.05) is 66.2 Å². The average molecular weight is 379 g/mol. The first-order chi connectivity index (χ1) is 11.5. The molecule has 3 aromatic rings. The second kappa shape index (κ2) is 7.40. The number of aryl methyl sites for hydroxylation is 1. The van der Waals surface area contributed by atoms with Crippen molar-refractivity contribution in [3.63, 3.8) is 0 Å². The quantitative estimate of drug-likeness (QED) is 0.597. The van der Waals surface area contributed by atoms with Gasteiger partial charge in [0.05, 0.1) is 20.0 Å². The molecule has 0 aliphatic rings. The standard InChI is InChI=1S/C19H20Cl2N2S/c1-3-12(22)11-14-13-7-4-5-10-17(13)23(2)19(14)24-18-15(20)8-6-9-16(18)21/h4-10,12H,3,11,22H2,1-2H3. The van der Waals surface area contributed by atoms with Gasteiger partial charge in [0.15, 0.2) is 0 Å². The van der Waals surface area contributed by atoms with Gasteiger partial charge in [-0.25, -0.2) is 0 Å². The molecule has 0 spiro atoms. The van der Waals surface area contributed by atoms with Crippen LogP contribution in [0, 0.1) is 0 Å². The van der Waals surface area contributed by atoms with Crippen LogP contribution < -0.4 is 5.73 Å². The summed E-state index contributed by atoms with van der Waals surface area (Å²) < 4.78 is 2.21. The van der Waals surface area contributed by atoms with Gasteiger partial charge in [-0.3, -0.25) is 0 Å². The Hall–Kier alpha value is -1.13. The van der Waals surface area contributed by atoms with E-state index in [1.807, 2.05) is 18.2 Å². The highest BCUT2D eigenvalue weighted by Gasteiger charge is 2.19. The number of hydrogen-bond donors (Lipinski definition) is 1. The Morgan fingerprint density at radius 3 is 2.42 bits per heavy atom. The molecule has 1 aromatic heterocycles. The van der Waals surface area contributed by atoms with Crippen LogP contribution in [0.15, 0.2) is 52.4 Å². The van der Waals surface area contributed by atoms with Crippen LogP contribution >= 0.6 is 35.0 Å². The van der Waals surface area contributed by atoms with Crippen LogP contribution in [0.5, 0.6) is 0 Å². The SMILES string of the molecule is CCC(N)Cc1c(Sc2c(Cl)cccc2Cl)n(C)c2ccccc12. The summed E-state index contributed by atoms with van der Waals surface area (Å²) in [7, 11) is 2.08. The molecule has 2 N–H and O–H groups in total. The number of rotatable bonds is 5. The van der Waals surface area contributed by atoms with E-state index in [1.165, 1.54) is 16.5 Å². The molecule has 0 saturated heterocycles. The lowest BCUT2D eigenvalue weighted by Crippen LogP contribution is -2.21. The van der Waals surface area contributed by atoms with Crippen LogP contribution in [0.1, 0.15) is 18.9 Å². The van der Waals surface area contributed by atoms with E-state index in [0.29, 0.717) is 10.0 Å². The molecule has 126 valence electrons. The summed E-state index contributed by atoms with van der Waals surface area (Å²) in [6.07, 6.45) is 1.78. The van der Waals surface area contributed by atoms with Crippen LogP contribution in [0.2, 0.25) is 10.0 Å². The first-order valence-corrected chi connectivity index (χ1v) is 9.53. The third-order valence-corrected chi connectivity index (χ3v) is 6.47. The fourth-order valence-corrected chi connectivity index (χ4v) is 4.56. The van der Waals surface area contributed by atoms with E-state index in [-0.39, 0.29) is 6.04 Å². The van der Waals surface area contributed by atoms with Crippen molar-refractivity contribution in [3.05, 3.63) is 58.1 Å². The predicted octanol–water partition coefficient (Wildman–Crippen LogP) is 5.92. The molecule has 0 bridgehead atoms. The van der Waals surface area contributed by atoms with Crippen LogP contribution in [0.3, 0.4) is 0 Å². The van der Waals surface area contributed by atoms with Crippen molar-refractivity contribution >= 4 is 45.9 Å². The molecule has 5 heteroatoms. The highest BCUT2D eigenvalue weighted by molar-refractivity contribution is 7.99. The molecule has 0 radical (unpaired) electrons. The maximum atomic E-state index is 6.38. The molecule has 1 unspecified atom stereocenters. The highest BCUT2D eigenvalue weighted by atomic mass is 35.5. The van der Waals surface area contributed by atoms with Gasteiger partial charge < -0.3 is 10.3 Å². The predicted molar refractivity (Wildman–Crippen MR) is 105 cm³/mol. The van der Waals surface area contributed by atoms with E-state index in [0.717, 1.165) is 22.8 Å². The molecule has 0 saturated carbocycles. The molecular weight excluding hydrogens is 359 g/mol. The van der Waals surface area contributed by atoms with Gasteiger partial charge in [0, 0.05) is 24.0 Å². The van der Waals surface area contributed by atoms with Crippen molar-refractivity contribution in [2.24, 2.45) is 12.8 Å². The fourth-order valence-electron chi connectivity index (χ4n) is 2.86. The number of benzene rings is 2. The minimum atomic E-state index is 0.136. The molecule has 1 heterocycles. The topological polar surface area (TPSA) is 30.9 Å². The number of para-hydroxylation sites is 1. The molecule has 0 fully saturated rings. The van der Waals surface area contributed by atoms with E-state index in [9.17, 15) is 0 Å². The number of halogens is 2. The number of aromatic nitrogens is 1. The van der Waals surface area contributed by atoms with Gasteiger partial charge in [-0.05, 0) is 36.6 Å². The van der Waals surface area contributed by atoms with Crippen molar-refractivity contribution in [1.82, 2.24) is 4.57 Å². The van der Waals surface area contributed by atoms with Gasteiger partial charge in [0.2, 0.25) is 0 Å². The molecular formula is C19H20Cl2N2S. The molecule has 3 rings (SSSR count). The minimum absolute atomic E-state index is 0.136. The van der Waals surface area contributed by atoms with Crippen molar-refractivity contribution < 1.29 is 0 Å². The van der Waals surface area contributed by atoms with Crippen LogP contribution in [-0.2, 0) is 13.5 Å². The van der Waals surface area contributed by atoms with Gasteiger partial charge >= 0.3 is 0 Å². The molecule has 24 heavy (non-hydrogen) atoms. The van der Waals surface area contributed by atoms with E-state index < -0.39 is 0 Å². The van der Waals surface area contributed by atoms with Gasteiger partial charge in [-0.15, -0.1) is 0 Å². The van der Waals surface area contributed by atoms with E-state index >= 15 is 0 Å². The second-order valence-corrected chi connectivity index (χ2v) is 7.70. The number of nitrogens with two attached hydrogens (primary N) is 1. The molecule has 2 aromatic carbocycles. The van der Waals surface area contributed by atoms with Crippen molar-refractivity contribution in [2.75, 3.05) is 0 Å². The highest BCUT2D eigenvalue weighted by Crippen LogP contribution is 2.42. The number of hydrogen-bond acceptors (Lipinski definition) is 2. The summed E-state index contributed by atoms with van der Waals surface area (Å²) >= 11 is 14.4. The van der Waals surface area contributed by atoms with E-state index in [1.54, 1.807) is 11.8 Å². The van der Waals surface area contributed by atoms with Crippen LogP contribution in [-0.4, -0.2) is 10.6 Å². The Bertz CT molecular complexity index is 853. The Kier molecular flexibility index (Phi) is 5.46. The Labute approximate surface area is 156 Å². The summed E-state index contributed by atoms with van der Waals surface area (Å²) in [6, 6.07) is 14.2. The Morgan fingerprint density at radius 2 is 1.75 bits per heavy atom. The van der Waals surface area contributed by atoms with Crippen molar-refractivity contribution in [1.29, 1.82) is 0 Å².